The zero-order valence-corrected chi connectivity index (χ0v) is 9.68. The minimum atomic E-state index is 0.978. The van der Waals surface area contributed by atoms with Crippen LogP contribution in [0.5, 0.6) is 5.75 Å². The summed E-state index contributed by atoms with van der Waals surface area (Å²) in [5.74, 6) is 0.978. The molecule has 1 aromatic carbocycles. The Morgan fingerprint density at radius 3 is 3.00 bits per heavy atom. The van der Waals surface area contributed by atoms with E-state index in [1.165, 1.54) is 36.0 Å². The van der Waals surface area contributed by atoms with Crippen LogP contribution in [0.25, 0.3) is 5.57 Å². The third-order valence-corrected chi connectivity index (χ3v) is 3.67. The first-order chi connectivity index (χ1) is 7.88. The lowest BCUT2D eigenvalue weighted by molar-refractivity contribution is 0.414. The molecule has 3 rings (SSSR count). The minimum absolute atomic E-state index is 0.978. The van der Waals surface area contributed by atoms with Gasteiger partial charge in [-0.1, -0.05) is 11.6 Å². The van der Waals surface area contributed by atoms with Crippen LogP contribution in [0.2, 0.25) is 0 Å². The maximum Gasteiger partial charge on any atom is 0.119 e. The van der Waals surface area contributed by atoms with Crippen LogP contribution < -0.4 is 10.1 Å². The highest BCUT2D eigenvalue weighted by Gasteiger charge is 2.21. The van der Waals surface area contributed by atoms with Crippen molar-refractivity contribution in [2.45, 2.75) is 19.3 Å². The van der Waals surface area contributed by atoms with E-state index in [0.717, 1.165) is 18.8 Å². The smallest absolute Gasteiger partial charge is 0.119 e. The van der Waals surface area contributed by atoms with E-state index in [9.17, 15) is 0 Å². The van der Waals surface area contributed by atoms with E-state index < -0.39 is 0 Å². The molecule has 1 aromatic rings. The number of nitrogens with one attached hydrogen (secondary N) is 1. The molecule has 2 aliphatic rings. The predicted molar refractivity (Wildman–Crippen MR) is 65.7 cm³/mol. The van der Waals surface area contributed by atoms with Gasteiger partial charge in [0.05, 0.1) is 7.11 Å². The molecular formula is C14H17NO. The molecule has 0 spiro atoms. The maximum absolute atomic E-state index is 5.28. The first-order valence-corrected chi connectivity index (χ1v) is 5.97. The lowest BCUT2D eigenvalue weighted by atomic mass is 9.83. The van der Waals surface area contributed by atoms with E-state index >= 15 is 0 Å². The summed E-state index contributed by atoms with van der Waals surface area (Å²) in [6, 6.07) is 6.48. The van der Waals surface area contributed by atoms with Crippen molar-refractivity contribution in [2.24, 2.45) is 0 Å². The topological polar surface area (TPSA) is 21.3 Å². The first-order valence-electron chi connectivity index (χ1n) is 5.97. The molecular weight excluding hydrogens is 198 g/mol. The van der Waals surface area contributed by atoms with Gasteiger partial charge < -0.3 is 10.1 Å². The molecule has 0 saturated carbocycles. The molecule has 2 heteroatoms. The van der Waals surface area contributed by atoms with Crippen molar-refractivity contribution in [1.82, 2.24) is 5.32 Å². The normalized spacial score (nSPS) is 19.1. The Labute approximate surface area is 96.3 Å². The van der Waals surface area contributed by atoms with E-state index in [4.69, 9.17) is 4.74 Å². The fourth-order valence-electron chi connectivity index (χ4n) is 2.77. The molecule has 1 heterocycles. The van der Waals surface area contributed by atoms with E-state index in [-0.39, 0.29) is 0 Å². The van der Waals surface area contributed by atoms with Gasteiger partial charge in [0.25, 0.3) is 0 Å². The number of hydrogen-bond acceptors (Lipinski definition) is 2. The van der Waals surface area contributed by atoms with Crippen LogP contribution in [0.1, 0.15) is 24.0 Å². The number of methoxy groups -OCH3 is 1. The molecule has 0 bridgehead atoms. The van der Waals surface area contributed by atoms with Crippen molar-refractivity contribution in [3.8, 4) is 5.75 Å². The quantitative estimate of drug-likeness (QED) is 0.776. The van der Waals surface area contributed by atoms with Gasteiger partial charge in [-0.15, -0.1) is 0 Å². The summed E-state index contributed by atoms with van der Waals surface area (Å²) >= 11 is 0. The van der Waals surface area contributed by atoms with Gasteiger partial charge in [0.2, 0.25) is 0 Å². The summed E-state index contributed by atoms with van der Waals surface area (Å²) in [5.41, 5.74) is 6.09. The summed E-state index contributed by atoms with van der Waals surface area (Å²) in [5, 5.41) is 3.46. The number of hydrogen-bond donors (Lipinski definition) is 1. The van der Waals surface area contributed by atoms with Crippen molar-refractivity contribution >= 4 is 5.57 Å². The molecule has 84 valence electrons. The Morgan fingerprint density at radius 1 is 1.19 bits per heavy atom. The van der Waals surface area contributed by atoms with Crippen LogP contribution in [-0.2, 0) is 6.42 Å². The van der Waals surface area contributed by atoms with Gasteiger partial charge in [-0.05, 0) is 54.6 Å². The van der Waals surface area contributed by atoms with Crippen molar-refractivity contribution in [1.29, 1.82) is 0 Å². The second kappa shape index (κ2) is 3.95. The third-order valence-electron chi connectivity index (χ3n) is 3.67. The Bertz CT molecular complexity index is 448. The molecule has 1 aliphatic carbocycles. The minimum Gasteiger partial charge on any atom is -0.497 e. The standard InChI is InChI=1S/C14H17NO/c1-16-12-4-5-13-11(8-12)3-2-10-6-7-15-9-14(10)13/h4-5,8,15H,2-3,6-7,9H2,1H3. The summed E-state index contributed by atoms with van der Waals surface area (Å²) in [6.07, 6.45) is 3.63. The molecule has 1 N–H and O–H groups in total. The summed E-state index contributed by atoms with van der Waals surface area (Å²) < 4.78 is 5.28. The molecule has 2 nitrogen and oxygen atoms in total. The number of aryl methyl sites for hydroxylation is 1. The second-order valence-corrected chi connectivity index (χ2v) is 4.53. The third kappa shape index (κ3) is 1.54. The molecule has 0 radical (unpaired) electrons. The van der Waals surface area contributed by atoms with Crippen molar-refractivity contribution in [3.05, 3.63) is 34.9 Å². The van der Waals surface area contributed by atoms with Crippen molar-refractivity contribution in [3.63, 3.8) is 0 Å². The van der Waals surface area contributed by atoms with Gasteiger partial charge in [-0.25, -0.2) is 0 Å². The predicted octanol–water partition coefficient (Wildman–Crippen LogP) is 2.39. The van der Waals surface area contributed by atoms with E-state index in [1.54, 1.807) is 12.7 Å². The molecule has 0 aromatic heterocycles. The van der Waals surface area contributed by atoms with Crippen LogP contribution in [0.3, 0.4) is 0 Å². The highest BCUT2D eigenvalue weighted by Crippen LogP contribution is 2.35. The van der Waals surface area contributed by atoms with Crippen LogP contribution in [0.15, 0.2) is 23.8 Å². The fourth-order valence-corrected chi connectivity index (χ4v) is 2.77. The molecule has 0 atom stereocenters. The number of rotatable bonds is 1. The van der Waals surface area contributed by atoms with Crippen LogP contribution in [-0.4, -0.2) is 20.2 Å². The van der Waals surface area contributed by atoms with Gasteiger partial charge in [0.15, 0.2) is 0 Å². The van der Waals surface area contributed by atoms with Crippen molar-refractivity contribution in [2.75, 3.05) is 20.2 Å². The lowest BCUT2D eigenvalue weighted by Gasteiger charge is -2.28. The summed E-state index contributed by atoms with van der Waals surface area (Å²) in [4.78, 5) is 0. The maximum atomic E-state index is 5.28. The Balaban J connectivity index is 2.07. The van der Waals surface area contributed by atoms with Gasteiger partial charge in [0, 0.05) is 6.54 Å². The van der Waals surface area contributed by atoms with E-state index in [2.05, 4.69) is 23.5 Å². The molecule has 16 heavy (non-hydrogen) atoms. The van der Waals surface area contributed by atoms with E-state index in [1.807, 2.05) is 0 Å². The van der Waals surface area contributed by atoms with E-state index in [0.29, 0.717) is 0 Å². The Hall–Kier alpha value is -1.28. The lowest BCUT2D eigenvalue weighted by Crippen LogP contribution is -2.26. The molecule has 0 unspecified atom stereocenters. The van der Waals surface area contributed by atoms with Crippen molar-refractivity contribution < 1.29 is 4.74 Å². The molecule has 0 fully saturated rings. The molecule has 0 saturated heterocycles. The van der Waals surface area contributed by atoms with Crippen LogP contribution in [0, 0.1) is 0 Å². The Morgan fingerprint density at radius 2 is 2.12 bits per heavy atom. The first kappa shape index (κ1) is 9.91. The zero-order valence-electron chi connectivity index (χ0n) is 9.68. The largest absolute Gasteiger partial charge is 0.497 e. The number of fused-ring (bicyclic) bond motifs is 2. The van der Waals surface area contributed by atoms with Gasteiger partial charge in [-0.2, -0.15) is 0 Å². The highest BCUT2D eigenvalue weighted by atomic mass is 16.5. The second-order valence-electron chi connectivity index (χ2n) is 4.53. The van der Waals surface area contributed by atoms with Crippen LogP contribution >= 0.6 is 0 Å². The van der Waals surface area contributed by atoms with Crippen LogP contribution in [0.4, 0.5) is 0 Å². The Kier molecular flexibility index (Phi) is 2.44. The summed E-state index contributed by atoms with van der Waals surface area (Å²) in [7, 11) is 1.73. The van der Waals surface area contributed by atoms with Gasteiger partial charge in [0.1, 0.15) is 5.75 Å². The summed E-state index contributed by atoms with van der Waals surface area (Å²) in [6.45, 7) is 2.18. The monoisotopic (exact) mass is 215 g/mol. The van der Waals surface area contributed by atoms with Gasteiger partial charge >= 0.3 is 0 Å². The average molecular weight is 215 g/mol. The molecule has 1 aliphatic heterocycles. The molecule has 0 amide bonds. The fraction of sp³-hybridized carbons (Fsp3) is 0.429. The van der Waals surface area contributed by atoms with Gasteiger partial charge in [-0.3, -0.25) is 0 Å². The number of ether oxygens (including phenoxy) is 1. The highest BCUT2D eigenvalue weighted by molar-refractivity contribution is 5.75. The SMILES string of the molecule is COc1ccc2c(c1)CCC1=C2CNCC1. The number of benzene rings is 1. The average Bonchev–Trinajstić information content (AvgIpc) is 2.38. The zero-order chi connectivity index (χ0) is 11.0.